The molecule has 0 saturated heterocycles. The van der Waals surface area contributed by atoms with Gasteiger partial charge in [-0.25, -0.2) is 0 Å². The topological polar surface area (TPSA) is 55.4 Å². The molecule has 0 fully saturated rings. The van der Waals surface area contributed by atoms with Gasteiger partial charge in [0.25, 0.3) is 0 Å². The molecule has 0 bridgehead atoms. The summed E-state index contributed by atoms with van der Waals surface area (Å²) in [5.41, 5.74) is -0.473. The van der Waals surface area contributed by atoms with Gasteiger partial charge in [-0.2, -0.15) is 0 Å². The van der Waals surface area contributed by atoms with Crippen molar-refractivity contribution >= 4 is 22.8 Å². The van der Waals surface area contributed by atoms with Crippen LogP contribution in [0.25, 0.3) is 0 Å². The zero-order chi connectivity index (χ0) is 12.6. The summed E-state index contributed by atoms with van der Waals surface area (Å²) in [6.07, 6.45) is 0.423. The maximum absolute atomic E-state index is 11.3. The van der Waals surface area contributed by atoms with E-state index in [-0.39, 0.29) is 23.9 Å². The number of hydrogen-bond donors (Lipinski definition) is 1. The van der Waals surface area contributed by atoms with Crippen LogP contribution >= 0.6 is 11.8 Å². The first kappa shape index (κ1) is 15.4. The number of rotatable bonds is 6. The smallest absolute Gasteiger partial charge is 0.306 e. The van der Waals surface area contributed by atoms with Gasteiger partial charge in [0.2, 0.25) is 0 Å². The van der Waals surface area contributed by atoms with Crippen LogP contribution in [0.3, 0.4) is 0 Å². The van der Waals surface area contributed by atoms with E-state index >= 15 is 0 Å². The summed E-state index contributed by atoms with van der Waals surface area (Å²) in [5.74, 6) is 0.430. The second-order valence-electron chi connectivity index (χ2n) is 4.41. The van der Waals surface area contributed by atoms with Crippen LogP contribution in [0.2, 0.25) is 0 Å². The van der Waals surface area contributed by atoms with Crippen LogP contribution in [0.15, 0.2) is 0 Å². The standard InChI is InChI=1S/C11H21NO3S/c1-11(2,3)15-9(13)5-6-10(14)16-8-7-12-4/h12H,5-8H2,1-4H3. The fourth-order valence-corrected chi connectivity index (χ4v) is 1.72. The lowest BCUT2D eigenvalue weighted by atomic mass is 10.2. The summed E-state index contributed by atoms with van der Waals surface area (Å²) >= 11 is 1.25. The maximum Gasteiger partial charge on any atom is 0.306 e. The highest BCUT2D eigenvalue weighted by Gasteiger charge is 2.16. The number of carbonyl (C=O) groups is 2. The minimum absolute atomic E-state index is 0.0427. The van der Waals surface area contributed by atoms with Gasteiger partial charge < -0.3 is 10.1 Å². The molecule has 0 aromatic carbocycles. The van der Waals surface area contributed by atoms with E-state index in [0.29, 0.717) is 0 Å². The molecule has 0 aliphatic heterocycles. The van der Waals surface area contributed by atoms with Gasteiger partial charge in [-0.1, -0.05) is 11.8 Å². The third-order valence-corrected chi connectivity index (χ3v) is 2.50. The van der Waals surface area contributed by atoms with Crippen molar-refractivity contribution in [1.82, 2.24) is 5.32 Å². The van der Waals surface area contributed by atoms with Crippen molar-refractivity contribution in [3.63, 3.8) is 0 Å². The molecule has 0 rings (SSSR count). The molecule has 0 saturated carbocycles. The van der Waals surface area contributed by atoms with Crippen molar-refractivity contribution in [1.29, 1.82) is 0 Å². The minimum atomic E-state index is -0.473. The van der Waals surface area contributed by atoms with Crippen LogP contribution < -0.4 is 5.32 Å². The van der Waals surface area contributed by atoms with Crippen LogP contribution in [0.1, 0.15) is 33.6 Å². The number of ether oxygens (including phenoxy) is 1. The first-order chi connectivity index (χ1) is 7.35. The van der Waals surface area contributed by atoms with Gasteiger partial charge in [0.05, 0.1) is 6.42 Å². The summed E-state index contributed by atoms with van der Waals surface area (Å²) < 4.78 is 5.10. The maximum atomic E-state index is 11.3. The molecule has 16 heavy (non-hydrogen) atoms. The Balaban J connectivity index is 3.63. The van der Waals surface area contributed by atoms with Crippen molar-refractivity contribution < 1.29 is 14.3 Å². The highest BCUT2D eigenvalue weighted by molar-refractivity contribution is 8.13. The molecule has 0 unspecified atom stereocenters. The monoisotopic (exact) mass is 247 g/mol. The third kappa shape index (κ3) is 9.98. The van der Waals surface area contributed by atoms with Crippen LogP contribution in [-0.4, -0.2) is 36.0 Å². The average molecular weight is 247 g/mol. The summed E-state index contributed by atoms with van der Waals surface area (Å²) in [7, 11) is 1.84. The minimum Gasteiger partial charge on any atom is -0.460 e. The Hall–Kier alpha value is -0.550. The molecular weight excluding hydrogens is 226 g/mol. The summed E-state index contributed by atoms with van der Waals surface area (Å²) in [6, 6.07) is 0. The van der Waals surface area contributed by atoms with E-state index in [4.69, 9.17) is 4.74 Å². The lowest BCUT2D eigenvalue weighted by Crippen LogP contribution is -2.24. The second kappa shape index (κ2) is 7.68. The zero-order valence-electron chi connectivity index (χ0n) is 10.5. The SMILES string of the molecule is CNCCSC(=O)CCC(=O)OC(C)(C)C. The molecule has 0 heterocycles. The predicted molar refractivity (Wildman–Crippen MR) is 66.5 cm³/mol. The highest BCUT2D eigenvalue weighted by atomic mass is 32.2. The number of carbonyl (C=O) groups excluding carboxylic acids is 2. The van der Waals surface area contributed by atoms with Crippen molar-refractivity contribution in [3.8, 4) is 0 Å². The van der Waals surface area contributed by atoms with Crippen LogP contribution in [0.5, 0.6) is 0 Å². The first-order valence-corrected chi connectivity index (χ1v) is 6.36. The first-order valence-electron chi connectivity index (χ1n) is 5.37. The van der Waals surface area contributed by atoms with E-state index in [1.807, 2.05) is 27.8 Å². The quantitative estimate of drug-likeness (QED) is 0.570. The molecular formula is C11H21NO3S. The van der Waals surface area contributed by atoms with Gasteiger partial charge in [0.15, 0.2) is 5.12 Å². The van der Waals surface area contributed by atoms with E-state index < -0.39 is 5.60 Å². The average Bonchev–Trinajstić information content (AvgIpc) is 2.12. The van der Waals surface area contributed by atoms with Crippen molar-refractivity contribution in [3.05, 3.63) is 0 Å². The summed E-state index contributed by atoms with van der Waals surface area (Å²) in [5, 5.41) is 3.00. The molecule has 0 aromatic heterocycles. The van der Waals surface area contributed by atoms with Gasteiger partial charge in [-0.15, -0.1) is 0 Å². The molecule has 0 spiro atoms. The van der Waals surface area contributed by atoms with Crippen molar-refractivity contribution in [2.45, 2.75) is 39.2 Å². The molecule has 4 nitrogen and oxygen atoms in total. The fourth-order valence-electron chi connectivity index (χ4n) is 0.936. The normalized spacial score (nSPS) is 11.2. The molecule has 94 valence electrons. The molecule has 0 aromatic rings. The van der Waals surface area contributed by atoms with Gasteiger partial charge in [0, 0.05) is 18.7 Å². The van der Waals surface area contributed by atoms with E-state index in [0.717, 1.165) is 12.3 Å². The molecule has 1 N–H and O–H groups in total. The molecule has 0 amide bonds. The Bertz CT molecular complexity index is 236. The predicted octanol–water partition coefficient (Wildman–Crippen LogP) is 1.59. The highest BCUT2D eigenvalue weighted by Crippen LogP contribution is 2.11. The summed E-state index contributed by atoms with van der Waals surface area (Å²) in [6.45, 7) is 6.24. The van der Waals surface area contributed by atoms with Crippen molar-refractivity contribution in [2.75, 3.05) is 19.3 Å². The Morgan fingerprint density at radius 2 is 1.88 bits per heavy atom. The Kier molecular flexibility index (Phi) is 7.42. The van der Waals surface area contributed by atoms with Gasteiger partial charge in [-0.05, 0) is 27.8 Å². The van der Waals surface area contributed by atoms with E-state index in [1.165, 1.54) is 11.8 Å². The van der Waals surface area contributed by atoms with Crippen LogP contribution in [0.4, 0.5) is 0 Å². The number of nitrogens with one attached hydrogen (secondary N) is 1. The van der Waals surface area contributed by atoms with Gasteiger partial charge >= 0.3 is 5.97 Å². The van der Waals surface area contributed by atoms with Crippen LogP contribution in [0, 0.1) is 0 Å². The largest absolute Gasteiger partial charge is 0.460 e. The fraction of sp³-hybridized carbons (Fsp3) is 0.818. The molecule has 0 radical (unpaired) electrons. The molecule has 0 aliphatic carbocycles. The Labute approximate surface area is 101 Å². The van der Waals surface area contributed by atoms with Gasteiger partial charge in [0.1, 0.15) is 5.60 Å². The lowest BCUT2D eigenvalue weighted by molar-refractivity contribution is -0.155. The van der Waals surface area contributed by atoms with Crippen LogP contribution in [-0.2, 0) is 14.3 Å². The van der Waals surface area contributed by atoms with Crippen molar-refractivity contribution in [2.24, 2.45) is 0 Å². The third-order valence-electron chi connectivity index (χ3n) is 1.57. The van der Waals surface area contributed by atoms with E-state index in [9.17, 15) is 9.59 Å². The van der Waals surface area contributed by atoms with Gasteiger partial charge in [-0.3, -0.25) is 9.59 Å². The number of esters is 1. The number of hydrogen-bond acceptors (Lipinski definition) is 5. The summed E-state index contributed by atoms with van der Waals surface area (Å²) in [4.78, 5) is 22.6. The lowest BCUT2D eigenvalue weighted by Gasteiger charge is -2.19. The second-order valence-corrected chi connectivity index (χ2v) is 5.56. The molecule has 0 atom stereocenters. The van der Waals surface area contributed by atoms with E-state index in [1.54, 1.807) is 0 Å². The zero-order valence-corrected chi connectivity index (χ0v) is 11.3. The molecule has 5 heteroatoms. The molecule has 0 aliphatic rings. The number of thioether (sulfide) groups is 1. The Morgan fingerprint density at radius 3 is 2.38 bits per heavy atom. The van der Waals surface area contributed by atoms with E-state index in [2.05, 4.69) is 5.32 Å². The Morgan fingerprint density at radius 1 is 1.25 bits per heavy atom.